The van der Waals surface area contributed by atoms with Crippen LogP contribution in [0.1, 0.15) is 19.4 Å². The van der Waals surface area contributed by atoms with E-state index in [9.17, 15) is 9.90 Å². The Labute approximate surface area is 134 Å². The zero-order valence-electron chi connectivity index (χ0n) is 13.3. The standard InChI is InChI=1S/C20H19NO2/c1-13(2)10-11-14-6-5-8-15-17(12-21-19(14)15)16-7-3-4-9-18(22)20(16)23/h3-10,12,21H,11H2,1-2H3,(H,22,23). The summed E-state index contributed by atoms with van der Waals surface area (Å²) in [4.78, 5) is 15.1. The fraction of sp³-hybridized carbons (Fsp3) is 0.150. The van der Waals surface area contributed by atoms with E-state index >= 15 is 0 Å². The van der Waals surface area contributed by atoms with Gasteiger partial charge in [0.15, 0.2) is 5.75 Å². The minimum absolute atomic E-state index is 0.217. The number of aromatic amines is 1. The average molecular weight is 305 g/mol. The molecule has 0 fully saturated rings. The van der Waals surface area contributed by atoms with Gasteiger partial charge >= 0.3 is 0 Å². The maximum atomic E-state index is 11.8. The molecule has 0 bridgehead atoms. The lowest BCUT2D eigenvalue weighted by Crippen LogP contribution is -1.94. The number of hydrogen-bond donors (Lipinski definition) is 2. The molecule has 1 aromatic heterocycles. The van der Waals surface area contributed by atoms with Crippen LogP contribution in [0.5, 0.6) is 5.75 Å². The molecule has 3 aromatic rings. The molecule has 3 heteroatoms. The van der Waals surface area contributed by atoms with Gasteiger partial charge in [-0.25, -0.2) is 0 Å². The molecule has 3 nitrogen and oxygen atoms in total. The van der Waals surface area contributed by atoms with Gasteiger partial charge in [-0.2, -0.15) is 0 Å². The van der Waals surface area contributed by atoms with Crippen molar-refractivity contribution in [3.05, 3.63) is 76.1 Å². The average Bonchev–Trinajstić information content (AvgIpc) is 2.89. The Kier molecular flexibility index (Phi) is 4.02. The fourth-order valence-corrected chi connectivity index (χ4v) is 2.73. The van der Waals surface area contributed by atoms with Crippen LogP contribution < -0.4 is 5.43 Å². The first-order valence-corrected chi connectivity index (χ1v) is 7.63. The lowest BCUT2D eigenvalue weighted by Gasteiger charge is -2.03. The van der Waals surface area contributed by atoms with Gasteiger partial charge in [-0.15, -0.1) is 0 Å². The van der Waals surface area contributed by atoms with Gasteiger partial charge in [-0.1, -0.05) is 48.0 Å². The van der Waals surface area contributed by atoms with E-state index in [1.54, 1.807) is 18.2 Å². The van der Waals surface area contributed by atoms with E-state index in [0.29, 0.717) is 5.56 Å². The molecule has 0 radical (unpaired) electrons. The van der Waals surface area contributed by atoms with Crippen LogP contribution >= 0.6 is 0 Å². The minimum Gasteiger partial charge on any atom is -0.504 e. The van der Waals surface area contributed by atoms with Crippen molar-refractivity contribution in [3.8, 4) is 16.9 Å². The Morgan fingerprint density at radius 2 is 1.87 bits per heavy atom. The number of H-pyrrole nitrogens is 1. The zero-order chi connectivity index (χ0) is 16.4. The van der Waals surface area contributed by atoms with Crippen LogP contribution in [0.15, 0.2) is 65.1 Å². The summed E-state index contributed by atoms with van der Waals surface area (Å²) in [6, 6.07) is 12.6. The highest BCUT2D eigenvalue weighted by Gasteiger charge is 2.12. The van der Waals surface area contributed by atoms with E-state index in [2.05, 4.69) is 31.0 Å². The molecule has 0 aliphatic heterocycles. The topological polar surface area (TPSA) is 53.1 Å². The lowest BCUT2D eigenvalue weighted by molar-refractivity contribution is 0.473. The number of hydrogen-bond acceptors (Lipinski definition) is 2. The van der Waals surface area contributed by atoms with Crippen LogP contribution in [0.4, 0.5) is 0 Å². The van der Waals surface area contributed by atoms with Crippen LogP contribution in [0.2, 0.25) is 0 Å². The van der Waals surface area contributed by atoms with E-state index in [-0.39, 0.29) is 11.2 Å². The smallest absolute Gasteiger partial charge is 0.220 e. The second-order valence-electron chi connectivity index (χ2n) is 5.87. The number of rotatable bonds is 3. The number of nitrogens with one attached hydrogen (secondary N) is 1. The van der Waals surface area contributed by atoms with Crippen molar-refractivity contribution in [2.24, 2.45) is 0 Å². The van der Waals surface area contributed by atoms with Crippen molar-refractivity contribution < 1.29 is 5.11 Å². The third kappa shape index (κ3) is 2.90. The van der Waals surface area contributed by atoms with Crippen molar-refractivity contribution in [2.45, 2.75) is 20.3 Å². The number of fused-ring (bicyclic) bond motifs is 1. The summed E-state index contributed by atoms with van der Waals surface area (Å²) in [6.45, 7) is 4.16. The molecule has 0 aliphatic carbocycles. The molecule has 0 aliphatic rings. The normalized spacial score (nSPS) is 10.7. The van der Waals surface area contributed by atoms with E-state index < -0.39 is 0 Å². The summed E-state index contributed by atoms with van der Waals surface area (Å²) in [7, 11) is 0. The number of allylic oxidation sites excluding steroid dienone is 2. The highest BCUT2D eigenvalue weighted by molar-refractivity contribution is 5.98. The first-order valence-electron chi connectivity index (χ1n) is 7.63. The SMILES string of the molecule is CC(C)=CCc1cccc2c(-c3ccccc(=O)c3O)c[nH]c12. The second-order valence-corrected chi connectivity index (χ2v) is 5.87. The van der Waals surface area contributed by atoms with E-state index in [1.165, 1.54) is 17.2 Å². The largest absolute Gasteiger partial charge is 0.504 e. The van der Waals surface area contributed by atoms with Gasteiger partial charge in [0.25, 0.3) is 0 Å². The van der Waals surface area contributed by atoms with Crippen LogP contribution in [-0.4, -0.2) is 10.1 Å². The van der Waals surface area contributed by atoms with E-state index in [0.717, 1.165) is 22.9 Å². The molecular formula is C20H19NO2. The Bertz CT molecular complexity index is 947. The van der Waals surface area contributed by atoms with Crippen molar-refractivity contribution >= 4 is 10.9 Å². The number of aromatic nitrogens is 1. The van der Waals surface area contributed by atoms with Crippen molar-refractivity contribution in [2.75, 3.05) is 0 Å². The van der Waals surface area contributed by atoms with Gasteiger partial charge < -0.3 is 10.1 Å². The summed E-state index contributed by atoms with van der Waals surface area (Å²) in [5.74, 6) is -0.217. The Balaban J connectivity index is 2.21. The summed E-state index contributed by atoms with van der Waals surface area (Å²) >= 11 is 0. The number of benzene rings is 1. The third-order valence-electron chi connectivity index (χ3n) is 3.93. The summed E-state index contributed by atoms with van der Waals surface area (Å²) in [6.07, 6.45) is 4.89. The molecule has 0 atom stereocenters. The predicted octanol–water partition coefficient (Wildman–Crippen LogP) is 4.41. The number of para-hydroxylation sites is 1. The van der Waals surface area contributed by atoms with Gasteiger partial charge in [-0.3, -0.25) is 4.79 Å². The molecule has 23 heavy (non-hydrogen) atoms. The van der Waals surface area contributed by atoms with Gasteiger partial charge in [0.05, 0.1) is 0 Å². The molecule has 2 N–H and O–H groups in total. The molecular weight excluding hydrogens is 286 g/mol. The Morgan fingerprint density at radius 3 is 2.65 bits per heavy atom. The predicted molar refractivity (Wildman–Crippen MR) is 94.8 cm³/mol. The molecule has 2 aromatic carbocycles. The molecule has 0 unspecified atom stereocenters. The first kappa shape index (κ1) is 15.1. The van der Waals surface area contributed by atoms with Crippen LogP contribution in [0.25, 0.3) is 22.0 Å². The van der Waals surface area contributed by atoms with Crippen LogP contribution in [-0.2, 0) is 6.42 Å². The summed E-state index contributed by atoms with van der Waals surface area (Å²) in [5, 5.41) is 11.2. The third-order valence-corrected chi connectivity index (χ3v) is 3.93. The molecule has 0 saturated carbocycles. The van der Waals surface area contributed by atoms with Gasteiger partial charge in [0.1, 0.15) is 0 Å². The second kappa shape index (κ2) is 6.13. The maximum Gasteiger partial charge on any atom is 0.220 e. The van der Waals surface area contributed by atoms with Crippen molar-refractivity contribution in [3.63, 3.8) is 0 Å². The Hall–Kier alpha value is -2.81. The Morgan fingerprint density at radius 1 is 1.09 bits per heavy atom. The van der Waals surface area contributed by atoms with Gasteiger partial charge in [0, 0.05) is 28.2 Å². The molecule has 116 valence electrons. The van der Waals surface area contributed by atoms with Crippen molar-refractivity contribution in [1.82, 2.24) is 4.98 Å². The fourth-order valence-electron chi connectivity index (χ4n) is 2.73. The highest BCUT2D eigenvalue weighted by Crippen LogP contribution is 2.33. The number of aromatic hydroxyl groups is 1. The zero-order valence-corrected chi connectivity index (χ0v) is 13.3. The molecule has 3 rings (SSSR count). The van der Waals surface area contributed by atoms with Crippen LogP contribution in [0, 0.1) is 0 Å². The van der Waals surface area contributed by atoms with E-state index in [1.807, 2.05) is 18.3 Å². The van der Waals surface area contributed by atoms with E-state index in [4.69, 9.17) is 0 Å². The minimum atomic E-state index is -0.375. The molecule has 0 saturated heterocycles. The maximum absolute atomic E-state index is 11.8. The highest BCUT2D eigenvalue weighted by atomic mass is 16.3. The summed E-state index contributed by atoms with van der Waals surface area (Å²) < 4.78 is 0. The van der Waals surface area contributed by atoms with Crippen molar-refractivity contribution in [1.29, 1.82) is 0 Å². The molecule has 0 amide bonds. The summed E-state index contributed by atoms with van der Waals surface area (Å²) in [5.41, 5.74) is 4.52. The van der Waals surface area contributed by atoms with Crippen LogP contribution in [0.3, 0.4) is 0 Å². The molecule has 1 heterocycles. The quantitative estimate of drug-likeness (QED) is 0.704. The lowest BCUT2D eigenvalue weighted by atomic mass is 10.0. The molecule has 0 spiro atoms. The van der Waals surface area contributed by atoms with Gasteiger partial charge in [0.2, 0.25) is 5.43 Å². The first-order chi connectivity index (χ1) is 11.1. The monoisotopic (exact) mass is 305 g/mol. The van der Waals surface area contributed by atoms with Gasteiger partial charge in [-0.05, 0) is 31.9 Å².